The van der Waals surface area contributed by atoms with Crippen LogP contribution in [-0.4, -0.2) is 79.0 Å². The highest BCUT2D eigenvalue weighted by Gasteiger charge is 2.50. The zero-order valence-electron chi connectivity index (χ0n) is 20.1. The predicted molar refractivity (Wildman–Crippen MR) is 129 cm³/mol. The first kappa shape index (κ1) is 30.7. The molecule has 0 amide bonds. The van der Waals surface area contributed by atoms with E-state index in [-0.39, 0.29) is 17.0 Å². The van der Waals surface area contributed by atoms with Crippen molar-refractivity contribution in [3.63, 3.8) is 0 Å². The topological polar surface area (TPSA) is 351 Å². The molecule has 0 spiro atoms. The number of aromatic nitrogens is 4. The number of rotatable bonds is 11. The van der Waals surface area contributed by atoms with E-state index in [4.69, 9.17) is 25.0 Å². The number of phosphoric acid groups is 2. The van der Waals surface area contributed by atoms with E-state index in [1.807, 2.05) is 0 Å². The Morgan fingerprint density at radius 2 is 1.64 bits per heavy atom. The molecule has 0 aliphatic carbocycles. The standard InChI is InChI=1S/C16H16N8O16P2/c17-14-10-15(19-4-18-14)21(5-20-10)16-13(11(25)9(38-16)3-37-42(35,36)40-41(32,33)34)39-12-7(23(28)29)1-6(22(26)27)2-8(12)24(30)31/h1-2,4-5,9,11,13,16,25H,3H2,(H,35,36)(H2,17,18,19)(H2,32,33,34)/t9-,11-,13-,16-/m1/s1. The monoisotopic (exact) mass is 638 g/mol. The second-order valence-electron chi connectivity index (χ2n) is 8.14. The lowest BCUT2D eigenvalue weighted by molar-refractivity contribution is -0.404. The summed E-state index contributed by atoms with van der Waals surface area (Å²) in [6.07, 6.45) is -5.29. The van der Waals surface area contributed by atoms with Gasteiger partial charge in [0.2, 0.25) is 0 Å². The Kier molecular flexibility index (Phi) is 8.19. The fraction of sp³-hybridized carbons (Fsp3) is 0.312. The van der Waals surface area contributed by atoms with Crippen molar-refractivity contribution in [3.8, 4) is 5.75 Å². The third kappa shape index (κ3) is 6.30. The first-order chi connectivity index (χ1) is 19.5. The van der Waals surface area contributed by atoms with Crippen LogP contribution in [0.4, 0.5) is 22.9 Å². The van der Waals surface area contributed by atoms with Crippen LogP contribution in [-0.2, 0) is 22.7 Å². The van der Waals surface area contributed by atoms with Crippen molar-refractivity contribution in [2.24, 2.45) is 0 Å². The van der Waals surface area contributed by atoms with E-state index >= 15 is 0 Å². The fourth-order valence-corrected chi connectivity index (χ4v) is 5.41. The van der Waals surface area contributed by atoms with Gasteiger partial charge in [0.15, 0.2) is 23.8 Å². The molecule has 1 aromatic carbocycles. The van der Waals surface area contributed by atoms with Crippen molar-refractivity contribution in [1.29, 1.82) is 0 Å². The summed E-state index contributed by atoms with van der Waals surface area (Å²) in [5.41, 5.74) is 2.19. The Bertz CT molecular complexity index is 1640. The van der Waals surface area contributed by atoms with Gasteiger partial charge in [0.05, 0.1) is 39.8 Å². The highest BCUT2D eigenvalue weighted by molar-refractivity contribution is 7.60. The molecule has 42 heavy (non-hydrogen) atoms. The number of aliphatic hydroxyl groups is 1. The van der Waals surface area contributed by atoms with Gasteiger partial charge in [-0.25, -0.2) is 24.1 Å². The number of non-ortho nitro benzene ring substituents is 1. The van der Waals surface area contributed by atoms with Crippen LogP contribution in [0.25, 0.3) is 11.2 Å². The number of hydrogen-bond acceptors (Lipinski definition) is 17. The Labute approximate surface area is 229 Å². The molecule has 26 heteroatoms. The van der Waals surface area contributed by atoms with Gasteiger partial charge in [0.1, 0.15) is 24.1 Å². The summed E-state index contributed by atoms with van der Waals surface area (Å²) in [5.74, 6) is -1.25. The number of benzene rings is 1. The van der Waals surface area contributed by atoms with Crippen LogP contribution < -0.4 is 10.5 Å². The summed E-state index contributed by atoms with van der Waals surface area (Å²) < 4.78 is 43.2. The average molecular weight is 638 g/mol. The summed E-state index contributed by atoms with van der Waals surface area (Å²) in [5, 5.41) is 45.7. The summed E-state index contributed by atoms with van der Waals surface area (Å²) in [6.45, 7) is -1.13. The van der Waals surface area contributed by atoms with Crippen molar-refractivity contribution < 1.29 is 62.0 Å². The maximum absolute atomic E-state index is 11.9. The van der Waals surface area contributed by atoms with Gasteiger partial charge in [-0.1, -0.05) is 0 Å². The number of nitrogen functional groups attached to an aromatic ring is 1. The Morgan fingerprint density at radius 1 is 1.02 bits per heavy atom. The van der Waals surface area contributed by atoms with Crippen LogP contribution in [0.2, 0.25) is 0 Å². The van der Waals surface area contributed by atoms with Gasteiger partial charge < -0.3 is 35.0 Å². The zero-order valence-corrected chi connectivity index (χ0v) is 21.9. The molecule has 1 saturated heterocycles. The molecule has 1 aliphatic heterocycles. The van der Waals surface area contributed by atoms with Crippen LogP contribution in [0.3, 0.4) is 0 Å². The Balaban J connectivity index is 1.79. The number of imidazole rings is 1. The largest absolute Gasteiger partial charge is 0.481 e. The summed E-state index contributed by atoms with van der Waals surface area (Å²) >= 11 is 0. The van der Waals surface area contributed by atoms with Crippen molar-refractivity contribution in [1.82, 2.24) is 19.5 Å². The van der Waals surface area contributed by atoms with Crippen LogP contribution in [0.1, 0.15) is 6.23 Å². The third-order valence-corrected chi connectivity index (χ3v) is 7.63. The molecule has 6 N–H and O–H groups in total. The molecule has 2 aromatic heterocycles. The van der Waals surface area contributed by atoms with Gasteiger partial charge in [-0.3, -0.25) is 39.4 Å². The minimum absolute atomic E-state index is 0.00348. The van der Waals surface area contributed by atoms with Gasteiger partial charge in [-0.05, 0) is 0 Å². The predicted octanol–water partition coefficient (Wildman–Crippen LogP) is 0.0653. The lowest BCUT2D eigenvalue weighted by Gasteiger charge is -2.22. The quantitative estimate of drug-likeness (QED) is 0.105. The van der Waals surface area contributed by atoms with Crippen molar-refractivity contribution in [3.05, 3.63) is 55.1 Å². The zero-order chi connectivity index (χ0) is 31.1. The number of hydrogen-bond donors (Lipinski definition) is 5. The first-order valence-electron chi connectivity index (χ1n) is 10.8. The second-order valence-corrected chi connectivity index (χ2v) is 11.0. The fourth-order valence-electron chi connectivity index (χ4n) is 3.81. The Hall–Kier alpha value is -4.25. The van der Waals surface area contributed by atoms with Crippen molar-refractivity contribution in [2.45, 2.75) is 24.5 Å². The molecule has 1 aliphatic rings. The number of phosphoric ester groups is 1. The number of anilines is 1. The van der Waals surface area contributed by atoms with Crippen LogP contribution in [0.5, 0.6) is 5.75 Å². The average Bonchev–Trinajstić information content (AvgIpc) is 3.43. The molecular weight excluding hydrogens is 622 g/mol. The second kappa shape index (κ2) is 11.2. The van der Waals surface area contributed by atoms with Crippen LogP contribution in [0.15, 0.2) is 24.8 Å². The maximum atomic E-state index is 11.9. The number of fused-ring (bicyclic) bond motifs is 1. The van der Waals surface area contributed by atoms with E-state index in [0.717, 1.165) is 17.2 Å². The van der Waals surface area contributed by atoms with Crippen LogP contribution in [0, 0.1) is 30.3 Å². The van der Waals surface area contributed by atoms with E-state index in [0.29, 0.717) is 12.1 Å². The minimum atomic E-state index is -5.53. The highest BCUT2D eigenvalue weighted by atomic mass is 31.3. The molecule has 0 saturated carbocycles. The first-order valence-corrected chi connectivity index (χ1v) is 13.8. The van der Waals surface area contributed by atoms with Gasteiger partial charge in [0, 0.05) is 0 Å². The van der Waals surface area contributed by atoms with E-state index in [1.54, 1.807) is 0 Å². The lowest BCUT2D eigenvalue weighted by Crippen LogP contribution is -2.38. The van der Waals surface area contributed by atoms with Crippen LogP contribution >= 0.6 is 15.6 Å². The smallest absolute Gasteiger partial charge is 0.471 e. The molecule has 1 fully saturated rings. The molecule has 1 unspecified atom stereocenters. The molecule has 24 nitrogen and oxygen atoms in total. The van der Waals surface area contributed by atoms with Crippen molar-refractivity contribution in [2.75, 3.05) is 12.3 Å². The lowest BCUT2D eigenvalue weighted by atomic mass is 10.1. The van der Waals surface area contributed by atoms with E-state index in [2.05, 4.69) is 23.8 Å². The highest BCUT2D eigenvalue weighted by Crippen LogP contribution is 2.58. The molecule has 0 bridgehead atoms. The number of nitrogens with two attached hydrogens (primary N) is 1. The number of aliphatic hydroxyl groups excluding tert-OH is 1. The number of nitro groups is 3. The number of ether oxygens (including phenoxy) is 2. The maximum Gasteiger partial charge on any atom is 0.481 e. The molecule has 0 radical (unpaired) electrons. The van der Waals surface area contributed by atoms with Crippen molar-refractivity contribution >= 4 is 49.7 Å². The summed E-state index contributed by atoms with van der Waals surface area (Å²) in [7, 11) is -11.0. The molecule has 226 valence electrons. The SMILES string of the molecule is Nc1ncnc2c1ncn2[C@@H]1O[C@H](COP(=O)(O)OP(=O)(O)O)[C@@H](O)[C@H]1Oc1c([N+](=O)[O-])cc([N+](=O)[O-])cc1[N+](=O)[O-]. The van der Waals surface area contributed by atoms with Gasteiger partial charge >= 0.3 is 27.0 Å². The van der Waals surface area contributed by atoms with Gasteiger partial charge in [-0.2, -0.15) is 4.31 Å². The Morgan fingerprint density at radius 3 is 2.19 bits per heavy atom. The molecule has 3 heterocycles. The summed E-state index contributed by atoms with van der Waals surface area (Å²) in [4.78, 5) is 69.9. The minimum Gasteiger partial charge on any atom is -0.471 e. The van der Waals surface area contributed by atoms with E-state index in [9.17, 15) is 49.5 Å². The third-order valence-electron chi connectivity index (χ3n) is 5.48. The molecule has 3 aromatic rings. The normalized spacial score (nSPS) is 22.1. The molecule has 5 atom stereocenters. The number of nitro benzene ring substituents is 3. The van der Waals surface area contributed by atoms with E-state index in [1.165, 1.54) is 0 Å². The van der Waals surface area contributed by atoms with Gasteiger partial charge in [-0.15, -0.1) is 0 Å². The molecule has 4 rings (SSSR count). The molecular formula is C16H16N8O16P2. The van der Waals surface area contributed by atoms with E-state index < -0.39 is 84.4 Å². The summed E-state index contributed by atoms with van der Waals surface area (Å²) in [6, 6.07) is 0.754. The van der Waals surface area contributed by atoms with Gasteiger partial charge in [0.25, 0.3) is 11.4 Å². The number of nitrogens with zero attached hydrogens (tertiary/aromatic N) is 7.